The second-order valence-electron chi connectivity index (χ2n) is 2.66. The molecule has 3 nitrogen and oxygen atoms in total. The molecule has 0 aliphatic carbocycles. The van der Waals surface area contributed by atoms with Crippen molar-refractivity contribution in [3.63, 3.8) is 0 Å². The lowest BCUT2D eigenvalue weighted by Crippen LogP contribution is -2.20. The van der Waals surface area contributed by atoms with E-state index >= 15 is 0 Å². The van der Waals surface area contributed by atoms with Crippen LogP contribution in [0.15, 0.2) is 35.3 Å². The van der Waals surface area contributed by atoms with Crippen molar-refractivity contribution in [2.45, 2.75) is 6.00 Å². The SMILES string of the molecule is O=c1c2ccccc2cnn1CCl. The van der Waals surface area contributed by atoms with Crippen LogP contribution in [0.4, 0.5) is 0 Å². The first-order valence-electron chi connectivity index (χ1n) is 3.84. The highest BCUT2D eigenvalue weighted by atomic mass is 35.5. The smallest absolute Gasteiger partial charge is 0.267 e. The average molecular weight is 195 g/mol. The Balaban J connectivity index is 2.87. The first kappa shape index (κ1) is 8.26. The summed E-state index contributed by atoms with van der Waals surface area (Å²) in [6.45, 7) is 0. The van der Waals surface area contributed by atoms with Crippen molar-refractivity contribution in [3.8, 4) is 0 Å². The van der Waals surface area contributed by atoms with Gasteiger partial charge in [-0.2, -0.15) is 5.10 Å². The van der Waals surface area contributed by atoms with Crippen molar-refractivity contribution >= 4 is 22.4 Å². The molecule has 0 aliphatic heterocycles. The molecule has 0 radical (unpaired) electrons. The molecule has 66 valence electrons. The molecule has 1 aromatic carbocycles. The van der Waals surface area contributed by atoms with Gasteiger partial charge in [0.05, 0.1) is 11.6 Å². The van der Waals surface area contributed by atoms with E-state index in [2.05, 4.69) is 5.10 Å². The van der Waals surface area contributed by atoms with Gasteiger partial charge in [0.1, 0.15) is 6.00 Å². The fourth-order valence-electron chi connectivity index (χ4n) is 1.21. The number of halogens is 1. The Morgan fingerprint density at radius 1 is 1.38 bits per heavy atom. The fourth-order valence-corrected chi connectivity index (χ4v) is 1.38. The van der Waals surface area contributed by atoms with Crippen molar-refractivity contribution in [1.29, 1.82) is 0 Å². The van der Waals surface area contributed by atoms with Gasteiger partial charge in [0.25, 0.3) is 5.56 Å². The van der Waals surface area contributed by atoms with Gasteiger partial charge in [0.2, 0.25) is 0 Å². The van der Waals surface area contributed by atoms with Crippen LogP contribution in [0.5, 0.6) is 0 Å². The largest absolute Gasteiger partial charge is 0.275 e. The predicted molar refractivity (Wildman–Crippen MR) is 51.9 cm³/mol. The van der Waals surface area contributed by atoms with Crippen LogP contribution in [0.3, 0.4) is 0 Å². The van der Waals surface area contributed by atoms with Crippen LogP contribution in [0.1, 0.15) is 0 Å². The van der Waals surface area contributed by atoms with E-state index in [1.165, 1.54) is 4.68 Å². The summed E-state index contributed by atoms with van der Waals surface area (Å²) >= 11 is 5.53. The fraction of sp³-hybridized carbons (Fsp3) is 0.111. The molecule has 0 atom stereocenters. The van der Waals surface area contributed by atoms with E-state index < -0.39 is 0 Å². The van der Waals surface area contributed by atoms with Crippen LogP contribution in [-0.4, -0.2) is 9.78 Å². The molecule has 1 aromatic heterocycles. The van der Waals surface area contributed by atoms with Crippen LogP contribution >= 0.6 is 11.6 Å². The first-order valence-corrected chi connectivity index (χ1v) is 4.37. The second-order valence-corrected chi connectivity index (χ2v) is 2.90. The lowest BCUT2D eigenvalue weighted by atomic mass is 10.2. The molecule has 0 saturated heterocycles. The van der Waals surface area contributed by atoms with Crippen LogP contribution < -0.4 is 5.56 Å². The van der Waals surface area contributed by atoms with E-state index in [9.17, 15) is 4.79 Å². The third kappa shape index (κ3) is 1.31. The Kier molecular flexibility index (Phi) is 2.02. The number of aromatic nitrogens is 2. The number of hydrogen-bond acceptors (Lipinski definition) is 2. The summed E-state index contributed by atoms with van der Waals surface area (Å²) in [5.41, 5.74) is -0.145. The maximum absolute atomic E-state index is 11.6. The second kappa shape index (κ2) is 3.18. The molecule has 0 saturated carbocycles. The van der Waals surface area contributed by atoms with Crippen molar-refractivity contribution < 1.29 is 0 Å². The molecule has 13 heavy (non-hydrogen) atoms. The highest BCUT2D eigenvalue weighted by Gasteiger charge is 2.00. The highest BCUT2D eigenvalue weighted by Crippen LogP contribution is 2.06. The number of hydrogen-bond donors (Lipinski definition) is 0. The monoisotopic (exact) mass is 194 g/mol. The molecule has 0 aliphatic rings. The molecule has 1 heterocycles. The van der Waals surface area contributed by atoms with Crippen LogP contribution in [0.25, 0.3) is 10.8 Å². The van der Waals surface area contributed by atoms with E-state index in [1.54, 1.807) is 12.3 Å². The Hall–Kier alpha value is -1.35. The summed E-state index contributed by atoms with van der Waals surface area (Å²) in [5, 5.41) is 5.39. The van der Waals surface area contributed by atoms with Gasteiger partial charge >= 0.3 is 0 Å². The number of fused-ring (bicyclic) bond motifs is 1. The molecule has 0 bridgehead atoms. The summed E-state index contributed by atoms with van der Waals surface area (Å²) < 4.78 is 1.23. The lowest BCUT2D eigenvalue weighted by molar-refractivity contribution is 0.697. The minimum absolute atomic E-state index is 0.0870. The number of benzene rings is 1. The maximum Gasteiger partial charge on any atom is 0.275 e. The third-order valence-electron chi connectivity index (χ3n) is 1.88. The molecule has 0 N–H and O–H groups in total. The number of alkyl halides is 1. The van der Waals surface area contributed by atoms with Gasteiger partial charge in [-0.25, -0.2) is 4.68 Å². The quantitative estimate of drug-likeness (QED) is 0.647. The van der Waals surface area contributed by atoms with Crippen molar-refractivity contribution in [1.82, 2.24) is 9.78 Å². The van der Waals surface area contributed by atoms with Gasteiger partial charge < -0.3 is 0 Å². The maximum atomic E-state index is 11.6. The minimum atomic E-state index is -0.145. The van der Waals surface area contributed by atoms with E-state index in [0.717, 1.165) is 5.39 Å². The summed E-state index contributed by atoms with van der Waals surface area (Å²) in [5.74, 6) is 0. The summed E-state index contributed by atoms with van der Waals surface area (Å²) in [4.78, 5) is 11.6. The molecule has 0 amide bonds. The van der Waals surface area contributed by atoms with Crippen LogP contribution in [-0.2, 0) is 6.00 Å². The van der Waals surface area contributed by atoms with E-state index in [4.69, 9.17) is 11.6 Å². The summed E-state index contributed by atoms with van der Waals surface area (Å²) in [7, 11) is 0. The zero-order valence-corrected chi connectivity index (χ0v) is 7.53. The van der Waals surface area contributed by atoms with Gasteiger partial charge in [0, 0.05) is 5.39 Å². The van der Waals surface area contributed by atoms with Crippen molar-refractivity contribution in [3.05, 3.63) is 40.8 Å². The van der Waals surface area contributed by atoms with Crippen molar-refractivity contribution in [2.75, 3.05) is 0 Å². The Labute approximate surface area is 79.6 Å². The van der Waals surface area contributed by atoms with Gasteiger partial charge in [-0.05, 0) is 6.07 Å². The van der Waals surface area contributed by atoms with Crippen LogP contribution in [0.2, 0.25) is 0 Å². The summed E-state index contributed by atoms with van der Waals surface area (Å²) in [6.07, 6.45) is 1.64. The number of rotatable bonds is 1. The molecule has 4 heteroatoms. The van der Waals surface area contributed by atoms with Crippen molar-refractivity contribution in [2.24, 2.45) is 0 Å². The van der Waals surface area contributed by atoms with Gasteiger partial charge in [-0.1, -0.05) is 18.2 Å². The lowest BCUT2D eigenvalue weighted by Gasteiger charge is -2.00. The minimum Gasteiger partial charge on any atom is -0.267 e. The van der Waals surface area contributed by atoms with E-state index in [-0.39, 0.29) is 11.6 Å². The Morgan fingerprint density at radius 3 is 2.92 bits per heavy atom. The van der Waals surface area contributed by atoms with E-state index in [1.807, 2.05) is 18.2 Å². The van der Waals surface area contributed by atoms with Gasteiger partial charge in [-0.3, -0.25) is 4.79 Å². The zero-order valence-electron chi connectivity index (χ0n) is 6.77. The predicted octanol–water partition coefficient (Wildman–Crippen LogP) is 1.59. The molecular formula is C9H7ClN2O. The number of nitrogens with zero attached hydrogens (tertiary/aromatic N) is 2. The molecule has 2 aromatic rings. The standard InChI is InChI=1S/C9H7ClN2O/c10-6-12-9(13)8-4-2-1-3-7(8)5-11-12/h1-5H,6H2. The van der Waals surface area contributed by atoms with Gasteiger partial charge in [-0.15, -0.1) is 11.6 Å². The Morgan fingerprint density at radius 2 is 2.15 bits per heavy atom. The molecule has 0 unspecified atom stereocenters. The average Bonchev–Trinajstić information content (AvgIpc) is 2.19. The van der Waals surface area contributed by atoms with E-state index in [0.29, 0.717) is 5.39 Å². The Bertz CT molecular complexity index is 492. The van der Waals surface area contributed by atoms with Gasteiger partial charge in [0.15, 0.2) is 0 Å². The molecule has 0 spiro atoms. The highest BCUT2D eigenvalue weighted by molar-refractivity contribution is 6.15. The first-order chi connectivity index (χ1) is 6.33. The summed E-state index contributed by atoms with van der Waals surface area (Å²) in [6, 6.07) is 7.39. The third-order valence-corrected chi connectivity index (χ3v) is 2.10. The van der Waals surface area contributed by atoms with Crippen LogP contribution in [0, 0.1) is 0 Å². The zero-order chi connectivity index (χ0) is 9.26. The molecule has 0 fully saturated rings. The normalized spacial score (nSPS) is 10.5. The molecular weight excluding hydrogens is 188 g/mol. The topological polar surface area (TPSA) is 34.9 Å². The molecule has 2 rings (SSSR count).